The van der Waals surface area contributed by atoms with Crippen LogP contribution < -0.4 is 15.0 Å². The molecule has 0 aromatic heterocycles. The summed E-state index contributed by atoms with van der Waals surface area (Å²) in [5.74, 6) is -0.631. The molecule has 1 saturated heterocycles. The van der Waals surface area contributed by atoms with Crippen molar-refractivity contribution in [1.82, 2.24) is 0 Å². The van der Waals surface area contributed by atoms with E-state index in [1.54, 1.807) is 48.4 Å². The quantitative estimate of drug-likeness (QED) is 0.726. The smallest absolute Gasteiger partial charge is 0.338 e. The lowest BCUT2D eigenvalue weighted by Crippen LogP contribution is -2.28. The minimum absolute atomic E-state index is 0.122. The molecule has 0 spiro atoms. The van der Waals surface area contributed by atoms with E-state index >= 15 is 0 Å². The van der Waals surface area contributed by atoms with Crippen LogP contribution in [0.4, 0.5) is 11.4 Å². The maximum absolute atomic E-state index is 12.6. The van der Waals surface area contributed by atoms with Gasteiger partial charge in [0, 0.05) is 18.7 Å². The van der Waals surface area contributed by atoms with Crippen molar-refractivity contribution in [2.45, 2.75) is 19.8 Å². The molecule has 0 radical (unpaired) electrons. The molecule has 2 amide bonds. The number of ether oxygens (including phenoxy) is 2. The second-order valence-electron chi connectivity index (χ2n) is 6.78. The lowest BCUT2D eigenvalue weighted by Gasteiger charge is -2.19. The van der Waals surface area contributed by atoms with Gasteiger partial charge in [-0.2, -0.15) is 0 Å². The zero-order valence-electron chi connectivity index (χ0n) is 16.5. The number of nitrogens with zero attached hydrogens (tertiary/aromatic N) is 1. The summed E-state index contributed by atoms with van der Waals surface area (Å²) in [6.45, 7) is 2.58. The lowest BCUT2D eigenvalue weighted by atomic mass is 10.1. The average Bonchev–Trinajstić information content (AvgIpc) is 3.14. The Hall–Kier alpha value is -3.35. The fourth-order valence-electron chi connectivity index (χ4n) is 3.18. The fraction of sp³-hybridized carbons (Fsp3) is 0.318. The van der Waals surface area contributed by atoms with Crippen LogP contribution in [0.2, 0.25) is 0 Å². The van der Waals surface area contributed by atoms with Crippen LogP contribution in [-0.4, -0.2) is 38.0 Å². The summed E-state index contributed by atoms with van der Waals surface area (Å²) < 4.78 is 10.4. The van der Waals surface area contributed by atoms with Crippen LogP contribution in [0.3, 0.4) is 0 Å². The second-order valence-corrected chi connectivity index (χ2v) is 6.78. The number of anilines is 2. The summed E-state index contributed by atoms with van der Waals surface area (Å²) in [4.78, 5) is 38.5. The highest BCUT2D eigenvalue weighted by molar-refractivity contribution is 6.04. The first kappa shape index (κ1) is 20.4. The topological polar surface area (TPSA) is 84.9 Å². The summed E-state index contributed by atoms with van der Waals surface area (Å²) in [6, 6.07) is 13.7. The number of rotatable bonds is 7. The molecule has 0 saturated carbocycles. The first-order chi connectivity index (χ1) is 14.0. The van der Waals surface area contributed by atoms with Crippen molar-refractivity contribution >= 4 is 29.2 Å². The van der Waals surface area contributed by atoms with Crippen LogP contribution in [0.25, 0.3) is 0 Å². The van der Waals surface area contributed by atoms with Crippen LogP contribution in [0.5, 0.6) is 5.75 Å². The van der Waals surface area contributed by atoms with Gasteiger partial charge < -0.3 is 19.7 Å². The number of esters is 1. The molecule has 1 aliphatic rings. The number of carbonyl (C=O) groups is 3. The Morgan fingerprint density at radius 1 is 1.14 bits per heavy atom. The standard InChI is InChI=1S/C22H24N2O5/c1-3-12-29-22(27)15-8-10-17(11-9-15)23-21(26)16-13-20(25)24(14-16)18-6-4-5-7-19(18)28-2/h4-11,16H,3,12-14H2,1-2H3,(H,23,26)/t16-/m1/s1. The Labute approximate surface area is 169 Å². The molecular formula is C22H24N2O5. The summed E-state index contributed by atoms with van der Waals surface area (Å²) in [7, 11) is 1.55. The Morgan fingerprint density at radius 2 is 1.86 bits per heavy atom. The van der Waals surface area contributed by atoms with Gasteiger partial charge in [-0.05, 0) is 42.8 Å². The maximum Gasteiger partial charge on any atom is 0.338 e. The van der Waals surface area contributed by atoms with Gasteiger partial charge in [0.2, 0.25) is 11.8 Å². The predicted octanol–water partition coefficient (Wildman–Crippen LogP) is 3.25. The SMILES string of the molecule is CCCOC(=O)c1ccc(NC(=O)[C@@H]2CC(=O)N(c3ccccc3OC)C2)cc1. The largest absolute Gasteiger partial charge is 0.495 e. The van der Waals surface area contributed by atoms with Crippen molar-refractivity contribution in [3.8, 4) is 5.75 Å². The minimum Gasteiger partial charge on any atom is -0.495 e. The van der Waals surface area contributed by atoms with E-state index in [-0.39, 0.29) is 24.8 Å². The third-order valence-electron chi connectivity index (χ3n) is 4.70. The van der Waals surface area contributed by atoms with Gasteiger partial charge >= 0.3 is 5.97 Å². The van der Waals surface area contributed by atoms with Crippen molar-refractivity contribution < 1.29 is 23.9 Å². The second kappa shape index (κ2) is 9.23. The van der Waals surface area contributed by atoms with Crippen LogP contribution >= 0.6 is 0 Å². The molecule has 0 aliphatic carbocycles. The molecule has 0 bridgehead atoms. The van der Waals surface area contributed by atoms with Crippen molar-refractivity contribution in [2.24, 2.45) is 5.92 Å². The number of benzene rings is 2. The monoisotopic (exact) mass is 396 g/mol. The zero-order valence-corrected chi connectivity index (χ0v) is 16.5. The molecule has 1 aliphatic heterocycles. The van der Waals surface area contributed by atoms with Crippen molar-refractivity contribution in [3.63, 3.8) is 0 Å². The molecule has 1 atom stereocenters. The van der Waals surface area contributed by atoms with Gasteiger partial charge in [0.05, 0.1) is 30.9 Å². The summed E-state index contributed by atoms with van der Waals surface area (Å²) >= 11 is 0. The highest BCUT2D eigenvalue weighted by Crippen LogP contribution is 2.33. The molecule has 29 heavy (non-hydrogen) atoms. The minimum atomic E-state index is -0.471. The number of methoxy groups -OCH3 is 1. The molecule has 1 fully saturated rings. The van der Waals surface area contributed by atoms with Crippen LogP contribution in [-0.2, 0) is 14.3 Å². The van der Waals surface area contributed by atoms with E-state index in [2.05, 4.69) is 5.32 Å². The molecule has 0 unspecified atom stereocenters. The van der Waals surface area contributed by atoms with Crippen LogP contribution in [0.1, 0.15) is 30.1 Å². The van der Waals surface area contributed by atoms with E-state index < -0.39 is 11.9 Å². The number of hydrogen-bond acceptors (Lipinski definition) is 5. The Kier molecular flexibility index (Phi) is 6.49. The molecule has 3 rings (SSSR count). The molecule has 152 valence electrons. The molecule has 1 N–H and O–H groups in total. The van der Waals surface area contributed by atoms with Gasteiger partial charge in [-0.15, -0.1) is 0 Å². The maximum atomic E-state index is 12.6. The van der Waals surface area contributed by atoms with E-state index in [1.165, 1.54) is 0 Å². The van der Waals surface area contributed by atoms with Crippen molar-refractivity contribution in [3.05, 3.63) is 54.1 Å². The van der Waals surface area contributed by atoms with Crippen molar-refractivity contribution in [2.75, 3.05) is 30.5 Å². The average molecular weight is 396 g/mol. The zero-order chi connectivity index (χ0) is 20.8. The van der Waals surface area contributed by atoms with Gasteiger partial charge in [0.1, 0.15) is 5.75 Å². The van der Waals surface area contributed by atoms with Gasteiger partial charge in [0.15, 0.2) is 0 Å². The third kappa shape index (κ3) is 4.74. The first-order valence-electron chi connectivity index (χ1n) is 9.55. The molecular weight excluding hydrogens is 372 g/mol. The Bertz CT molecular complexity index is 894. The number of amides is 2. The van der Waals surface area contributed by atoms with Gasteiger partial charge in [-0.25, -0.2) is 4.79 Å². The summed E-state index contributed by atoms with van der Waals surface area (Å²) in [5.41, 5.74) is 1.64. The number of hydrogen-bond donors (Lipinski definition) is 1. The predicted molar refractivity (Wildman–Crippen MR) is 109 cm³/mol. The number of carbonyl (C=O) groups excluding carboxylic acids is 3. The van der Waals surface area contributed by atoms with E-state index in [0.29, 0.717) is 29.3 Å². The van der Waals surface area contributed by atoms with E-state index in [4.69, 9.17) is 9.47 Å². The van der Waals surface area contributed by atoms with E-state index in [1.807, 2.05) is 19.1 Å². The lowest BCUT2D eigenvalue weighted by molar-refractivity contribution is -0.122. The van der Waals surface area contributed by atoms with Crippen LogP contribution in [0, 0.1) is 5.92 Å². The molecule has 7 nitrogen and oxygen atoms in total. The highest BCUT2D eigenvalue weighted by atomic mass is 16.5. The highest BCUT2D eigenvalue weighted by Gasteiger charge is 2.36. The Balaban J connectivity index is 1.63. The van der Waals surface area contributed by atoms with Crippen LogP contribution in [0.15, 0.2) is 48.5 Å². The number of nitrogens with one attached hydrogen (secondary N) is 1. The Morgan fingerprint density at radius 3 is 2.55 bits per heavy atom. The molecule has 7 heteroatoms. The van der Waals surface area contributed by atoms with Gasteiger partial charge in [-0.3, -0.25) is 9.59 Å². The first-order valence-corrected chi connectivity index (χ1v) is 9.55. The summed E-state index contributed by atoms with van der Waals surface area (Å²) in [5, 5.41) is 2.81. The fourth-order valence-corrected chi connectivity index (χ4v) is 3.18. The van der Waals surface area contributed by atoms with Crippen molar-refractivity contribution in [1.29, 1.82) is 0 Å². The van der Waals surface area contributed by atoms with Gasteiger partial charge in [-0.1, -0.05) is 19.1 Å². The third-order valence-corrected chi connectivity index (χ3v) is 4.70. The normalized spacial score (nSPS) is 15.9. The molecule has 2 aromatic carbocycles. The number of para-hydroxylation sites is 2. The van der Waals surface area contributed by atoms with E-state index in [9.17, 15) is 14.4 Å². The molecule has 2 aromatic rings. The molecule has 1 heterocycles. The summed E-state index contributed by atoms with van der Waals surface area (Å²) in [6.07, 6.45) is 0.886. The van der Waals surface area contributed by atoms with Gasteiger partial charge in [0.25, 0.3) is 0 Å². The van der Waals surface area contributed by atoms with E-state index in [0.717, 1.165) is 6.42 Å².